The maximum Gasteiger partial charge on any atom is 0.00720 e. The molecule has 0 unspecified atom stereocenters. The van der Waals surface area contributed by atoms with Crippen molar-refractivity contribution >= 4 is 11.8 Å². The van der Waals surface area contributed by atoms with Crippen LogP contribution in [0.25, 0.3) is 0 Å². The predicted octanol–water partition coefficient (Wildman–Crippen LogP) is 3.92. The molecule has 0 spiro atoms. The maximum absolute atomic E-state index is 2.33. The van der Waals surface area contributed by atoms with E-state index >= 15 is 0 Å². The average molecular weight is 194 g/mol. The fraction of sp³-hybridized carbons (Fsp3) is 0.500. The average Bonchev–Trinajstić information content (AvgIpc) is 2.19. The minimum atomic E-state index is 1.16. The summed E-state index contributed by atoms with van der Waals surface area (Å²) >= 11 is 1.83. The number of thioether (sulfide) groups is 1. The Balaban J connectivity index is 2.93. The van der Waals surface area contributed by atoms with Crippen LogP contribution in [0.15, 0.2) is 23.1 Å². The molecule has 0 saturated heterocycles. The van der Waals surface area contributed by atoms with E-state index in [2.05, 4.69) is 38.3 Å². The molecule has 1 aromatic rings. The van der Waals surface area contributed by atoms with Crippen LogP contribution in [-0.4, -0.2) is 6.26 Å². The van der Waals surface area contributed by atoms with Crippen LogP contribution in [0.3, 0.4) is 0 Å². The van der Waals surface area contributed by atoms with Crippen molar-refractivity contribution in [3.05, 3.63) is 29.3 Å². The van der Waals surface area contributed by atoms with Gasteiger partial charge in [-0.1, -0.05) is 26.3 Å². The Kier molecular flexibility index (Phi) is 4.37. The number of hydrogen-bond donors (Lipinski definition) is 0. The van der Waals surface area contributed by atoms with Crippen molar-refractivity contribution in [2.45, 2.75) is 38.0 Å². The number of rotatable bonds is 4. The quantitative estimate of drug-likeness (QED) is 0.655. The fourth-order valence-corrected chi connectivity index (χ4v) is 2.04. The highest BCUT2D eigenvalue weighted by Gasteiger charge is 2.00. The normalized spacial score (nSPS) is 10.4. The van der Waals surface area contributed by atoms with Gasteiger partial charge in [-0.3, -0.25) is 0 Å². The first-order chi connectivity index (χ1) is 6.31. The molecule has 72 valence electrons. The topological polar surface area (TPSA) is 0 Å². The van der Waals surface area contributed by atoms with Crippen LogP contribution >= 0.6 is 11.8 Å². The summed E-state index contributed by atoms with van der Waals surface area (Å²) in [4.78, 5) is 1.39. The minimum absolute atomic E-state index is 1.16. The molecule has 0 aliphatic heterocycles. The summed E-state index contributed by atoms with van der Waals surface area (Å²) in [6, 6.07) is 6.85. The number of benzene rings is 1. The lowest BCUT2D eigenvalue weighted by Crippen LogP contribution is -1.92. The van der Waals surface area contributed by atoms with E-state index in [1.807, 2.05) is 11.8 Å². The highest BCUT2D eigenvalue weighted by Crippen LogP contribution is 2.20. The van der Waals surface area contributed by atoms with Gasteiger partial charge in [-0.25, -0.2) is 0 Å². The molecule has 1 rings (SSSR count). The van der Waals surface area contributed by atoms with Gasteiger partial charge in [0.15, 0.2) is 0 Å². The van der Waals surface area contributed by atoms with E-state index in [1.165, 1.54) is 28.9 Å². The number of aryl methyl sites for hydroxylation is 2. The van der Waals surface area contributed by atoms with E-state index < -0.39 is 0 Å². The van der Waals surface area contributed by atoms with Crippen molar-refractivity contribution in [1.82, 2.24) is 0 Å². The van der Waals surface area contributed by atoms with E-state index in [0.29, 0.717) is 0 Å². The van der Waals surface area contributed by atoms with Gasteiger partial charge in [0.05, 0.1) is 0 Å². The van der Waals surface area contributed by atoms with Crippen molar-refractivity contribution < 1.29 is 0 Å². The molecule has 0 amide bonds. The second-order valence-electron chi connectivity index (χ2n) is 3.24. The van der Waals surface area contributed by atoms with Crippen molar-refractivity contribution in [2.75, 3.05) is 6.26 Å². The molecule has 0 radical (unpaired) electrons. The van der Waals surface area contributed by atoms with Gasteiger partial charge in [0, 0.05) is 4.90 Å². The molecule has 0 aromatic heterocycles. The smallest absolute Gasteiger partial charge is 0.00720 e. The van der Waals surface area contributed by atoms with Crippen LogP contribution in [0.2, 0.25) is 0 Å². The summed E-state index contributed by atoms with van der Waals surface area (Å²) in [5, 5.41) is 0. The molecule has 0 atom stereocenters. The Labute approximate surface area is 85.7 Å². The lowest BCUT2D eigenvalue weighted by molar-refractivity contribution is 0.896. The molecule has 0 aliphatic rings. The Morgan fingerprint density at radius 2 is 1.92 bits per heavy atom. The standard InChI is InChI=1S/C12H18S/c1-4-6-11-7-8-12(13-3)9-10(11)5-2/h7-9H,4-6H2,1-3H3. The molecule has 0 N–H and O–H groups in total. The van der Waals surface area contributed by atoms with E-state index in [0.717, 1.165) is 6.42 Å². The first-order valence-corrected chi connectivity index (χ1v) is 6.20. The van der Waals surface area contributed by atoms with Crippen molar-refractivity contribution in [2.24, 2.45) is 0 Å². The molecule has 0 fully saturated rings. The van der Waals surface area contributed by atoms with E-state index in [4.69, 9.17) is 0 Å². The first kappa shape index (κ1) is 10.6. The monoisotopic (exact) mass is 194 g/mol. The highest BCUT2D eigenvalue weighted by atomic mass is 32.2. The van der Waals surface area contributed by atoms with Crippen molar-refractivity contribution in [3.8, 4) is 0 Å². The SMILES string of the molecule is CCCc1ccc(SC)cc1CC. The van der Waals surface area contributed by atoms with Gasteiger partial charge in [0.1, 0.15) is 0 Å². The zero-order chi connectivity index (χ0) is 9.68. The molecule has 1 heteroatoms. The summed E-state index contributed by atoms with van der Waals surface area (Å²) in [5.74, 6) is 0. The summed E-state index contributed by atoms with van der Waals surface area (Å²) in [6.45, 7) is 4.47. The molecule has 0 nitrogen and oxygen atoms in total. The second kappa shape index (κ2) is 5.33. The molecular formula is C12H18S. The Morgan fingerprint density at radius 3 is 2.46 bits per heavy atom. The van der Waals surface area contributed by atoms with Gasteiger partial charge in [-0.2, -0.15) is 0 Å². The van der Waals surface area contributed by atoms with Gasteiger partial charge in [-0.05, 0) is 42.4 Å². The van der Waals surface area contributed by atoms with Crippen LogP contribution in [0.4, 0.5) is 0 Å². The maximum atomic E-state index is 2.33. The molecule has 0 saturated carbocycles. The van der Waals surface area contributed by atoms with E-state index in [1.54, 1.807) is 0 Å². The van der Waals surface area contributed by atoms with Crippen molar-refractivity contribution in [3.63, 3.8) is 0 Å². The largest absolute Gasteiger partial charge is 0.130 e. The lowest BCUT2D eigenvalue weighted by atomic mass is 10.0. The Hall–Kier alpha value is -0.430. The van der Waals surface area contributed by atoms with Crippen LogP contribution < -0.4 is 0 Å². The van der Waals surface area contributed by atoms with Crippen LogP contribution in [-0.2, 0) is 12.8 Å². The molecule has 0 heterocycles. The Morgan fingerprint density at radius 1 is 1.15 bits per heavy atom. The summed E-state index contributed by atoms with van der Waals surface area (Å²) < 4.78 is 0. The second-order valence-corrected chi connectivity index (χ2v) is 4.12. The third-order valence-corrected chi connectivity index (χ3v) is 3.04. The summed E-state index contributed by atoms with van der Waals surface area (Å²) in [6.07, 6.45) is 5.75. The summed E-state index contributed by atoms with van der Waals surface area (Å²) in [5.41, 5.74) is 3.05. The minimum Gasteiger partial charge on any atom is -0.130 e. The van der Waals surface area contributed by atoms with Gasteiger partial charge >= 0.3 is 0 Å². The van der Waals surface area contributed by atoms with Crippen LogP contribution in [0.5, 0.6) is 0 Å². The van der Waals surface area contributed by atoms with E-state index in [-0.39, 0.29) is 0 Å². The van der Waals surface area contributed by atoms with Gasteiger partial charge < -0.3 is 0 Å². The van der Waals surface area contributed by atoms with Gasteiger partial charge in [0.25, 0.3) is 0 Å². The third-order valence-electron chi connectivity index (χ3n) is 2.31. The van der Waals surface area contributed by atoms with Gasteiger partial charge in [0.2, 0.25) is 0 Å². The zero-order valence-corrected chi connectivity index (χ0v) is 9.58. The fourth-order valence-electron chi connectivity index (χ4n) is 1.57. The lowest BCUT2D eigenvalue weighted by Gasteiger charge is -2.08. The van der Waals surface area contributed by atoms with E-state index in [9.17, 15) is 0 Å². The number of hydrogen-bond acceptors (Lipinski definition) is 1. The molecule has 0 bridgehead atoms. The van der Waals surface area contributed by atoms with Gasteiger partial charge in [-0.15, -0.1) is 11.8 Å². The van der Waals surface area contributed by atoms with Crippen LogP contribution in [0, 0.1) is 0 Å². The first-order valence-electron chi connectivity index (χ1n) is 4.97. The molecule has 1 aromatic carbocycles. The Bertz CT molecular complexity index is 266. The van der Waals surface area contributed by atoms with Crippen LogP contribution in [0.1, 0.15) is 31.4 Å². The predicted molar refractivity (Wildman–Crippen MR) is 61.6 cm³/mol. The van der Waals surface area contributed by atoms with Crippen molar-refractivity contribution in [1.29, 1.82) is 0 Å². The zero-order valence-electron chi connectivity index (χ0n) is 8.76. The third kappa shape index (κ3) is 2.77. The molecule has 0 aliphatic carbocycles. The highest BCUT2D eigenvalue weighted by molar-refractivity contribution is 7.98. The molecular weight excluding hydrogens is 176 g/mol. The molecule has 13 heavy (non-hydrogen) atoms. The summed E-state index contributed by atoms with van der Waals surface area (Å²) in [7, 11) is 0.